The van der Waals surface area contributed by atoms with Gasteiger partial charge in [0.2, 0.25) is 0 Å². The molecule has 0 fully saturated rings. The number of hydrogen-bond donors (Lipinski definition) is 0. The van der Waals surface area contributed by atoms with Gasteiger partial charge < -0.3 is 0 Å². The zero-order valence-electron chi connectivity index (χ0n) is 8.05. The quantitative estimate of drug-likeness (QED) is 0.714. The molecule has 1 unspecified atom stereocenters. The molecule has 0 N–H and O–H groups in total. The summed E-state index contributed by atoms with van der Waals surface area (Å²) in [5.74, 6) is 0. The van der Waals surface area contributed by atoms with Crippen molar-refractivity contribution in [3.05, 3.63) is 29.3 Å². The molecule has 1 atom stereocenters. The van der Waals surface area contributed by atoms with Crippen molar-refractivity contribution in [2.24, 2.45) is 10.4 Å². The Hall–Kier alpha value is -1.29. The van der Waals surface area contributed by atoms with Gasteiger partial charge in [-0.1, -0.05) is 29.0 Å². The van der Waals surface area contributed by atoms with E-state index in [-0.39, 0.29) is 6.17 Å². The summed E-state index contributed by atoms with van der Waals surface area (Å²) in [4.78, 5) is 0. The van der Waals surface area contributed by atoms with Crippen molar-refractivity contribution in [2.45, 2.75) is 13.1 Å². The highest BCUT2D eigenvalue weighted by Gasteiger charge is 2.24. The first-order valence-electron chi connectivity index (χ1n) is 4.38. The van der Waals surface area contributed by atoms with Crippen LogP contribution in [0.1, 0.15) is 6.92 Å². The van der Waals surface area contributed by atoms with Crippen molar-refractivity contribution in [1.82, 2.24) is 5.01 Å². The van der Waals surface area contributed by atoms with Crippen LogP contribution in [0.4, 0.5) is 5.69 Å². The molecule has 0 radical (unpaired) electrons. The fourth-order valence-corrected chi connectivity index (χ4v) is 1.52. The molecule has 1 aliphatic rings. The van der Waals surface area contributed by atoms with Gasteiger partial charge in [-0.25, -0.2) is 5.01 Å². The molecule has 1 heterocycles. The van der Waals surface area contributed by atoms with Crippen LogP contribution in [0.25, 0.3) is 0 Å². The molecule has 5 heteroatoms. The lowest BCUT2D eigenvalue weighted by atomic mass is 10.3. The first kappa shape index (κ1) is 9.27. The highest BCUT2D eigenvalue weighted by Crippen LogP contribution is 2.30. The van der Waals surface area contributed by atoms with Crippen LogP contribution in [0, 0.1) is 0 Å². The molecule has 0 saturated carbocycles. The van der Waals surface area contributed by atoms with E-state index in [9.17, 15) is 0 Å². The van der Waals surface area contributed by atoms with Gasteiger partial charge in [0.1, 0.15) is 6.17 Å². The van der Waals surface area contributed by atoms with Crippen LogP contribution in [-0.4, -0.2) is 18.2 Å². The van der Waals surface area contributed by atoms with Crippen molar-refractivity contribution >= 4 is 17.3 Å². The molecule has 0 saturated heterocycles. The van der Waals surface area contributed by atoms with Crippen molar-refractivity contribution in [2.75, 3.05) is 12.1 Å². The van der Waals surface area contributed by atoms with Crippen LogP contribution in [0.5, 0.6) is 0 Å². The van der Waals surface area contributed by atoms with E-state index in [0.29, 0.717) is 5.02 Å². The van der Waals surface area contributed by atoms with E-state index in [0.717, 1.165) is 5.69 Å². The number of para-hydroxylation sites is 1. The summed E-state index contributed by atoms with van der Waals surface area (Å²) >= 11 is 6.06. The molecule has 0 aromatic heterocycles. The van der Waals surface area contributed by atoms with Gasteiger partial charge >= 0.3 is 0 Å². The minimum Gasteiger partial charge on any atom is -0.256 e. The van der Waals surface area contributed by atoms with Gasteiger partial charge in [-0.3, -0.25) is 5.01 Å². The smallest absolute Gasteiger partial charge is 0.139 e. The molecule has 74 valence electrons. The number of nitrogens with zero attached hydrogens (tertiary/aromatic N) is 4. The summed E-state index contributed by atoms with van der Waals surface area (Å²) in [6.07, 6.45) is 0.106. The Morgan fingerprint density at radius 1 is 1.29 bits per heavy atom. The zero-order valence-corrected chi connectivity index (χ0v) is 8.81. The maximum absolute atomic E-state index is 6.06. The number of halogens is 1. The fourth-order valence-electron chi connectivity index (χ4n) is 1.30. The minimum atomic E-state index is 0.106. The standard InChI is InChI=1S/C9H11ClN4/c1-7-13(2)11-12-14(7)9-6-4-3-5-8(9)10/h3-7H,1-2H3. The van der Waals surface area contributed by atoms with E-state index in [1.807, 2.05) is 38.2 Å². The van der Waals surface area contributed by atoms with Gasteiger partial charge in [0.05, 0.1) is 10.7 Å². The molecule has 1 aliphatic heterocycles. The lowest BCUT2D eigenvalue weighted by Gasteiger charge is -2.22. The first-order chi connectivity index (χ1) is 6.70. The van der Waals surface area contributed by atoms with Crippen molar-refractivity contribution in [1.29, 1.82) is 0 Å². The molecule has 1 aromatic rings. The SMILES string of the molecule is CC1N(C)N=NN1c1ccccc1Cl. The minimum absolute atomic E-state index is 0.106. The van der Waals surface area contributed by atoms with Crippen LogP contribution in [0.15, 0.2) is 34.7 Å². The lowest BCUT2D eigenvalue weighted by Crippen LogP contribution is -2.33. The molecular weight excluding hydrogens is 200 g/mol. The van der Waals surface area contributed by atoms with Gasteiger partial charge in [-0.2, -0.15) is 0 Å². The monoisotopic (exact) mass is 210 g/mol. The summed E-state index contributed by atoms with van der Waals surface area (Å²) < 4.78 is 0. The van der Waals surface area contributed by atoms with Crippen molar-refractivity contribution < 1.29 is 0 Å². The van der Waals surface area contributed by atoms with Crippen molar-refractivity contribution in [3.63, 3.8) is 0 Å². The van der Waals surface area contributed by atoms with E-state index in [1.54, 1.807) is 10.0 Å². The molecule has 14 heavy (non-hydrogen) atoms. The third-order valence-corrected chi connectivity index (χ3v) is 2.59. The third kappa shape index (κ3) is 1.42. The number of benzene rings is 1. The number of rotatable bonds is 1. The molecule has 0 bridgehead atoms. The predicted octanol–water partition coefficient (Wildman–Crippen LogP) is 2.72. The van der Waals surface area contributed by atoms with E-state index in [4.69, 9.17) is 11.6 Å². The molecule has 4 nitrogen and oxygen atoms in total. The van der Waals surface area contributed by atoms with Gasteiger partial charge in [0.25, 0.3) is 0 Å². The largest absolute Gasteiger partial charge is 0.256 e. The third-order valence-electron chi connectivity index (χ3n) is 2.27. The molecule has 1 aromatic carbocycles. The first-order valence-corrected chi connectivity index (χ1v) is 4.76. The van der Waals surface area contributed by atoms with Crippen LogP contribution >= 0.6 is 11.6 Å². The van der Waals surface area contributed by atoms with Gasteiger partial charge in [0, 0.05) is 7.05 Å². The summed E-state index contributed by atoms with van der Waals surface area (Å²) in [5, 5.41) is 12.2. The van der Waals surface area contributed by atoms with E-state index in [1.165, 1.54) is 0 Å². The Morgan fingerprint density at radius 3 is 2.57 bits per heavy atom. The highest BCUT2D eigenvalue weighted by atomic mass is 35.5. The number of hydrogen-bond acceptors (Lipinski definition) is 4. The Kier molecular flexibility index (Phi) is 2.29. The Morgan fingerprint density at radius 2 is 2.00 bits per heavy atom. The maximum atomic E-state index is 6.06. The Bertz CT molecular complexity index is 366. The summed E-state index contributed by atoms with van der Waals surface area (Å²) in [6.45, 7) is 2.02. The maximum Gasteiger partial charge on any atom is 0.139 e. The van der Waals surface area contributed by atoms with Gasteiger partial charge in [0.15, 0.2) is 0 Å². The van der Waals surface area contributed by atoms with E-state index in [2.05, 4.69) is 10.4 Å². The molecule has 0 spiro atoms. The summed E-state index contributed by atoms with van der Waals surface area (Å²) in [7, 11) is 1.88. The highest BCUT2D eigenvalue weighted by molar-refractivity contribution is 6.33. The second kappa shape index (κ2) is 3.46. The van der Waals surface area contributed by atoms with E-state index >= 15 is 0 Å². The van der Waals surface area contributed by atoms with Crippen LogP contribution in [0.3, 0.4) is 0 Å². The van der Waals surface area contributed by atoms with Crippen molar-refractivity contribution in [3.8, 4) is 0 Å². The lowest BCUT2D eigenvalue weighted by molar-refractivity contribution is 0.303. The van der Waals surface area contributed by atoms with Gasteiger partial charge in [-0.05, 0) is 24.3 Å². The van der Waals surface area contributed by atoms with E-state index < -0.39 is 0 Å². The molecular formula is C9H11ClN4. The second-order valence-electron chi connectivity index (χ2n) is 3.18. The van der Waals surface area contributed by atoms with Crippen LogP contribution < -0.4 is 5.01 Å². The van der Waals surface area contributed by atoms with Gasteiger partial charge in [-0.15, -0.1) is 0 Å². The Labute approximate surface area is 87.7 Å². The average molecular weight is 211 g/mol. The second-order valence-corrected chi connectivity index (χ2v) is 3.59. The van der Waals surface area contributed by atoms with Crippen LogP contribution in [0.2, 0.25) is 5.02 Å². The summed E-state index contributed by atoms with van der Waals surface area (Å²) in [6, 6.07) is 7.60. The Balaban J connectivity index is 2.33. The van der Waals surface area contributed by atoms with Crippen LogP contribution in [-0.2, 0) is 0 Å². The molecule has 0 amide bonds. The zero-order chi connectivity index (χ0) is 10.1. The topological polar surface area (TPSA) is 31.2 Å². The number of anilines is 1. The molecule has 2 rings (SSSR count). The summed E-state index contributed by atoms with van der Waals surface area (Å²) in [5.41, 5.74) is 0.884. The molecule has 0 aliphatic carbocycles. The predicted molar refractivity (Wildman–Crippen MR) is 56.0 cm³/mol. The fraction of sp³-hybridized carbons (Fsp3) is 0.333. The normalized spacial score (nSPS) is 20.6. The average Bonchev–Trinajstić information content (AvgIpc) is 2.49.